The monoisotopic (exact) mass is 424 g/mol. The summed E-state index contributed by atoms with van der Waals surface area (Å²) in [6, 6.07) is 19.9. The summed E-state index contributed by atoms with van der Waals surface area (Å²) in [5.74, 6) is 0.120. The van der Waals surface area contributed by atoms with Gasteiger partial charge in [0.05, 0.1) is 0 Å². The van der Waals surface area contributed by atoms with E-state index in [4.69, 9.17) is 28.9 Å². The Bertz CT molecular complexity index is 1060. The van der Waals surface area contributed by atoms with Gasteiger partial charge in [0.15, 0.2) is 0 Å². The number of carbonyl (C=O) groups excluding carboxylic acids is 1. The first-order chi connectivity index (χ1) is 14.1. The van der Waals surface area contributed by atoms with Crippen molar-refractivity contribution in [2.75, 3.05) is 13.1 Å². The van der Waals surface area contributed by atoms with Crippen LogP contribution >= 0.6 is 23.2 Å². The molecule has 3 N–H and O–H groups in total. The van der Waals surface area contributed by atoms with Crippen LogP contribution in [0.15, 0.2) is 60.7 Å². The van der Waals surface area contributed by atoms with Gasteiger partial charge in [0.25, 0.3) is 5.91 Å². The molecule has 3 aromatic carbocycles. The summed E-state index contributed by atoms with van der Waals surface area (Å²) in [6.45, 7) is 0.883. The van der Waals surface area contributed by atoms with Gasteiger partial charge in [0, 0.05) is 34.6 Å². The van der Waals surface area contributed by atoms with Gasteiger partial charge in [0.2, 0.25) is 0 Å². The van der Waals surface area contributed by atoms with Crippen molar-refractivity contribution in [1.29, 1.82) is 0 Å². The number of nitrogens with one attached hydrogen (secondary N) is 1. The number of aryl methyl sites for hydroxylation is 1. The van der Waals surface area contributed by atoms with E-state index in [1.807, 2.05) is 42.5 Å². The van der Waals surface area contributed by atoms with Crippen molar-refractivity contribution >= 4 is 29.1 Å². The van der Waals surface area contributed by atoms with Crippen LogP contribution in [0.4, 0.5) is 0 Å². The number of nitrogens with two attached hydrogens (primary N) is 1. The van der Waals surface area contributed by atoms with E-state index < -0.39 is 0 Å². The topological polar surface area (TPSA) is 55.1 Å². The molecule has 1 unspecified atom stereocenters. The Morgan fingerprint density at radius 1 is 1.00 bits per heavy atom. The van der Waals surface area contributed by atoms with Gasteiger partial charge >= 0.3 is 0 Å². The van der Waals surface area contributed by atoms with Gasteiger partial charge in [-0.3, -0.25) is 4.79 Å². The van der Waals surface area contributed by atoms with Crippen molar-refractivity contribution in [2.24, 2.45) is 5.73 Å². The molecule has 0 fully saturated rings. The third-order valence-electron chi connectivity index (χ3n) is 5.45. The van der Waals surface area contributed by atoms with Crippen LogP contribution in [0.25, 0.3) is 11.1 Å². The maximum Gasteiger partial charge on any atom is 0.251 e. The van der Waals surface area contributed by atoms with Crippen LogP contribution in [0, 0.1) is 0 Å². The maximum atomic E-state index is 12.3. The Morgan fingerprint density at radius 3 is 2.66 bits per heavy atom. The van der Waals surface area contributed by atoms with Crippen molar-refractivity contribution in [1.82, 2.24) is 5.32 Å². The highest BCUT2D eigenvalue weighted by Crippen LogP contribution is 2.43. The lowest BCUT2D eigenvalue weighted by Crippen LogP contribution is -2.28. The molecule has 1 amide bonds. The number of amides is 1. The fourth-order valence-corrected chi connectivity index (χ4v) is 4.44. The van der Waals surface area contributed by atoms with E-state index in [0.717, 1.165) is 34.6 Å². The first-order valence-corrected chi connectivity index (χ1v) is 10.5. The summed E-state index contributed by atoms with van der Waals surface area (Å²) in [6.07, 6.45) is 2.03. The Hall–Kier alpha value is -2.33. The van der Waals surface area contributed by atoms with Crippen LogP contribution in [0.5, 0.6) is 0 Å². The van der Waals surface area contributed by atoms with Crippen LogP contribution in [0.3, 0.4) is 0 Å². The number of hydrogen-bond acceptors (Lipinski definition) is 2. The molecule has 0 saturated heterocycles. The minimum Gasteiger partial charge on any atom is -0.351 e. The van der Waals surface area contributed by atoms with E-state index in [0.29, 0.717) is 23.7 Å². The van der Waals surface area contributed by atoms with E-state index in [2.05, 4.69) is 23.5 Å². The highest BCUT2D eigenvalue weighted by atomic mass is 35.5. The summed E-state index contributed by atoms with van der Waals surface area (Å²) in [5, 5.41) is 4.26. The Labute approximate surface area is 180 Å². The molecule has 29 heavy (non-hydrogen) atoms. The van der Waals surface area contributed by atoms with Crippen LogP contribution in [-0.4, -0.2) is 19.0 Å². The van der Waals surface area contributed by atoms with Crippen molar-refractivity contribution < 1.29 is 4.79 Å². The molecule has 1 atom stereocenters. The second-order valence-electron chi connectivity index (χ2n) is 7.30. The largest absolute Gasteiger partial charge is 0.351 e. The van der Waals surface area contributed by atoms with Gasteiger partial charge in [-0.1, -0.05) is 53.5 Å². The highest BCUT2D eigenvalue weighted by molar-refractivity contribution is 6.33. The second kappa shape index (κ2) is 8.58. The summed E-state index contributed by atoms with van der Waals surface area (Å²) < 4.78 is 0. The predicted octanol–water partition coefficient (Wildman–Crippen LogP) is 5.43. The molecule has 0 heterocycles. The summed E-state index contributed by atoms with van der Waals surface area (Å²) in [4.78, 5) is 12.3. The van der Waals surface area contributed by atoms with E-state index in [1.54, 1.807) is 0 Å². The van der Waals surface area contributed by atoms with Crippen LogP contribution in [0.2, 0.25) is 10.0 Å². The molecule has 3 nitrogen and oxygen atoms in total. The van der Waals surface area contributed by atoms with Gasteiger partial charge < -0.3 is 11.1 Å². The Balaban J connectivity index is 1.69. The van der Waals surface area contributed by atoms with Crippen LogP contribution < -0.4 is 11.1 Å². The molecule has 1 aliphatic rings. The SMILES string of the molecule is NCCNC(=O)c1cccc(-c2ccc3c(c2)C(c2cc(Cl)ccc2Cl)CC3)c1. The minimum atomic E-state index is -0.109. The lowest BCUT2D eigenvalue weighted by molar-refractivity contribution is 0.0955. The Morgan fingerprint density at radius 2 is 1.83 bits per heavy atom. The average molecular weight is 425 g/mol. The second-order valence-corrected chi connectivity index (χ2v) is 8.14. The molecule has 148 valence electrons. The highest BCUT2D eigenvalue weighted by Gasteiger charge is 2.26. The molecule has 1 aliphatic carbocycles. The standard InChI is InChI=1S/C24H22Cl2N2O/c25-19-7-9-23(26)22(14-19)20-8-6-15-4-5-17(13-21(15)20)16-2-1-3-18(12-16)24(29)28-11-10-27/h1-5,7,9,12-14,20H,6,8,10-11,27H2,(H,28,29). The number of fused-ring (bicyclic) bond motifs is 1. The van der Waals surface area contributed by atoms with Crippen LogP contribution in [0.1, 0.15) is 39.4 Å². The molecule has 3 aromatic rings. The van der Waals surface area contributed by atoms with Crippen molar-refractivity contribution in [3.63, 3.8) is 0 Å². The fourth-order valence-electron chi connectivity index (χ4n) is 4.01. The zero-order chi connectivity index (χ0) is 20.4. The van der Waals surface area contributed by atoms with Gasteiger partial charge in [-0.25, -0.2) is 0 Å². The van der Waals surface area contributed by atoms with Gasteiger partial charge in [-0.05, 0) is 71.0 Å². The number of halogens is 2. The van der Waals surface area contributed by atoms with E-state index >= 15 is 0 Å². The number of benzene rings is 3. The molecule has 0 saturated carbocycles. The van der Waals surface area contributed by atoms with Crippen molar-refractivity contribution in [2.45, 2.75) is 18.8 Å². The third kappa shape index (κ3) is 4.18. The number of rotatable bonds is 5. The first kappa shape index (κ1) is 20.0. The maximum absolute atomic E-state index is 12.3. The fraction of sp³-hybridized carbons (Fsp3) is 0.208. The summed E-state index contributed by atoms with van der Waals surface area (Å²) in [7, 11) is 0. The zero-order valence-corrected chi connectivity index (χ0v) is 17.4. The van der Waals surface area contributed by atoms with E-state index in [-0.39, 0.29) is 11.8 Å². The molecule has 0 radical (unpaired) electrons. The van der Waals surface area contributed by atoms with Crippen molar-refractivity contribution in [3.05, 3.63) is 93.0 Å². The minimum absolute atomic E-state index is 0.109. The lowest BCUT2D eigenvalue weighted by Gasteiger charge is -2.16. The van der Waals surface area contributed by atoms with Gasteiger partial charge in [-0.2, -0.15) is 0 Å². The smallest absolute Gasteiger partial charge is 0.251 e. The molecular weight excluding hydrogens is 403 g/mol. The molecule has 0 bridgehead atoms. The van der Waals surface area contributed by atoms with Crippen LogP contribution in [-0.2, 0) is 6.42 Å². The normalized spacial score (nSPS) is 15.2. The number of hydrogen-bond donors (Lipinski definition) is 2. The molecule has 4 rings (SSSR count). The average Bonchev–Trinajstić information content (AvgIpc) is 3.17. The van der Waals surface area contributed by atoms with Gasteiger partial charge in [-0.15, -0.1) is 0 Å². The number of carbonyl (C=O) groups is 1. The van der Waals surface area contributed by atoms with E-state index in [9.17, 15) is 4.79 Å². The molecule has 0 aromatic heterocycles. The summed E-state index contributed by atoms with van der Waals surface area (Å²) in [5.41, 5.74) is 11.9. The zero-order valence-electron chi connectivity index (χ0n) is 15.9. The van der Waals surface area contributed by atoms with Gasteiger partial charge in [0.1, 0.15) is 0 Å². The van der Waals surface area contributed by atoms with Crippen molar-refractivity contribution in [3.8, 4) is 11.1 Å². The quantitative estimate of drug-likeness (QED) is 0.573. The lowest BCUT2D eigenvalue weighted by atomic mass is 9.90. The van der Waals surface area contributed by atoms with E-state index in [1.165, 1.54) is 11.1 Å². The predicted molar refractivity (Wildman–Crippen MR) is 120 cm³/mol. The molecule has 0 spiro atoms. The first-order valence-electron chi connectivity index (χ1n) is 9.73. The molecule has 0 aliphatic heterocycles. The molecular formula is C24H22Cl2N2O. The molecule has 5 heteroatoms. The Kier molecular flexibility index (Phi) is 5.91. The summed E-state index contributed by atoms with van der Waals surface area (Å²) >= 11 is 12.7. The third-order valence-corrected chi connectivity index (χ3v) is 6.02.